The summed E-state index contributed by atoms with van der Waals surface area (Å²) in [5.41, 5.74) is 1.12. The number of halogens is 5. The summed E-state index contributed by atoms with van der Waals surface area (Å²) in [7, 11) is 1.68. The third kappa shape index (κ3) is 4.64. The Morgan fingerprint density at radius 1 is 0.947 bits per heavy atom. The quantitative estimate of drug-likeness (QED) is 0.240. The van der Waals surface area contributed by atoms with Crippen molar-refractivity contribution in [1.29, 1.82) is 0 Å². The first-order valence-electron chi connectivity index (χ1n) is 11.5. The van der Waals surface area contributed by atoms with Gasteiger partial charge in [-0.05, 0) is 36.2 Å². The molecule has 38 heavy (non-hydrogen) atoms. The van der Waals surface area contributed by atoms with Gasteiger partial charge in [0.15, 0.2) is 5.60 Å². The number of hydrogen-bond acceptors (Lipinski definition) is 4. The lowest BCUT2D eigenvalue weighted by atomic mass is 9.83. The Morgan fingerprint density at radius 2 is 1.66 bits per heavy atom. The molecule has 0 aliphatic rings. The number of aliphatic hydroxyl groups is 1. The topological polar surface area (TPSA) is 63.8 Å². The monoisotopic (exact) mass is 556 g/mol. The van der Waals surface area contributed by atoms with E-state index in [1.54, 1.807) is 29.8 Å². The van der Waals surface area contributed by atoms with Crippen molar-refractivity contribution in [3.05, 3.63) is 123 Å². The third-order valence-corrected chi connectivity index (χ3v) is 7.29. The minimum atomic E-state index is -4.61. The summed E-state index contributed by atoms with van der Waals surface area (Å²) < 4.78 is 41.1. The molecule has 194 valence electrons. The average molecular weight is 557 g/mol. The van der Waals surface area contributed by atoms with E-state index >= 15 is 0 Å². The van der Waals surface area contributed by atoms with Crippen molar-refractivity contribution < 1.29 is 18.3 Å². The Hall–Kier alpha value is -3.46. The largest absolute Gasteiger partial charge is 0.433 e. The van der Waals surface area contributed by atoms with E-state index in [1.807, 2.05) is 31.2 Å². The fourth-order valence-corrected chi connectivity index (χ4v) is 5.07. The van der Waals surface area contributed by atoms with Crippen LogP contribution in [0.2, 0.25) is 10.2 Å². The lowest BCUT2D eigenvalue weighted by Gasteiger charge is -2.30. The van der Waals surface area contributed by atoms with Crippen LogP contribution in [-0.4, -0.2) is 24.6 Å². The highest BCUT2D eigenvalue weighted by molar-refractivity contribution is 6.39. The third-order valence-electron chi connectivity index (χ3n) is 6.54. The number of aromatic nitrogens is 4. The van der Waals surface area contributed by atoms with Gasteiger partial charge in [0, 0.05) is 36.2 Å². The summed E-state index contributed by atoms with van der Waals surface area (Å²) in [6, 6.07) is 15.0. The first kappa shape index (κ1) is 26.2. The van der Waals surface area contributed by atoms with Crippen LogP contribution in [0, 0.1) is 6.92 Å². The van der Waals surface area contributed by atoms with E-state index < -0.39 is 17.5 Å². The van der Waals surface area contributed by atoms with Crippen LogP contribution in [0.1, 0.15) is 39.2 Å². The predicted octanol–water partition coefficient (Wildman–Crippen LogP) is 6.87. The van der Waals surface area contributed by atoms with Crippen LogP contribution in [0.5, 0.6) is 0 Å². The summed E-state index contributed by atoms with van der Waals surface area (Å²) in [5, 5.41) is 13.3. The highest BCUT2D eigenvalue weighted by atomic mass is 35.5. The van der Waals surface area contributed by atoms with Gasteiger partial charge in [-0.25, -0.2) is 9.97 Å². The van der Waals surface area contributed by atoms with Crippen molar-refractivity contribution in [2.45, 2.75) is 25.1 Å². The zero-order valence-corrected chi connectivity index (χ0v) is 21.8. The normalized spacial score (nSPS) is 13.6. The average Bonchev–Trinajstić information content (AvgIpc) is 3.33. The van der Waals surface area contributed by atoms with E-state index in [-0.39, 0.29) is 10.7 Å². The molecule has 5 nitrogen and oxygen atoms in total. The van der Waals surface area contributed by atoms with Crippen LogP contribution >= 0.6 is 23.2 Å². The van der Waals surface area contributed by atoms with E-state index in [4.69, 9.17) is 23.2 Å². The van der Waals surface area contributed by atoms with Gasteiger partial charge in [-0.3, -0.25) is 4.98 Å². The summed E-state index contributed by atoms with van der Waals surface area (Å²) in [6.45, 7) is 2.00. The van der Waals surface area contributed by atoms with Gasteiger partial charge in [-0.1, -0.05) is 65.2 Å². The van der Waals surface area contributed by atoms with Crippen LogP contribution in [-0.2, 0) is 25.2 Å². The lowest BCUT2D eigenvalue weighted by molar-refractivity contribution is -0.141. The molecule has 0 bridgehead atoms. The van der Waals surface area contributed by atoms with Gasteiger partial charge in [-0.2, -0.15) is 13.2 Å². The fourth-order valence-electron chi connectivity index (χ4n) is 4.47. The molecule has 2 aromatic carbocycles. The molecule has 0 fully saturated rings. The number of alkyl halides is 3. The maximum absolute atomic E-state index is 13.2. The van der Waals surface area contributed by atoms with Crippen LogP contribution in [0.3, 0.4) is 0 Å². The Balaban J connectivity index is 1.68. The summed E-state index contributed by atoms with van der Waals surface area (Å²) in [6.07, 6.45) is -0.206. The number of fused-ring (bicyclic) bond motifs is 1. The van der Waals surface area contributed by atoms with Gasteiger partial charge in [0.2, 0.25) is 0 Å². The molecular weight excluding hydrogens is 536 g/mol. The first-order chi connectivity index (χ1) is 18.0. The number of benzene rings is 2. The van der Waals surface area contributed by atoms with Gasteiger partial charge < -0.3 is 9.67 Å². The van der Waals surface area contributed by atoms with E-state index in [2.05, 4.69) is 15.0 Å². The van der Waals surface area contributed by atoms with Crippen molar-refractivity contribution in [3.8, 4) is 0 Å². The maximum atomic E-state index is 13.2. The van der Waals surface area contributed by atoms with Crippen molar-refractivity contribution in [2.75, 3.05) is 0 Å². The molecule has 5 aromatic rings. The van der Waals surface area contributed by atoms with Crippen LogP contribution in [0.15, 0.2) is 73.3 Å². The van der Waals surface area contributed by atoms with Gasteiger partial charge in [-0.15, -0.1) is 0 Å². The minimum absolute atomic E-state index is 0.131. The van der Waals surface area contributed by atoms with Crippen LogP contribution in [0.25, 0.3) is 10.9 Å². The lowest BCUT2D eigenvalue weighted by Crippen LogP contribution is -2.31. The number of hydrogen-bond donors (Lipinski definition) is 1. The molecule has 0 radical (unpaired) electrons. The fraction of sp³-hybridized carbons (Fsp3) is 0.179. The molecule has 10 heteroatoms. The van der Waals surface area contributed by atoms with Gasteiger partial charge >= 0.3 is 6.18 Å². The van der Waals surface area contributed by atoms with Gasteiger partial charge in [0.25, 0.3) is 0 Å². The van der Waals surface area contributed by atoms with Gasteiger partial charge in [0.1, 0.15) is 10.8 Å². The molecule has 3 heterocycles. The molecule has 3 aromatic heterocycles. The Bertz CT molecular complexity index is 1630. The molecule has 0 spiro atoms. The smallest absolute Gasteiger partial charge is 0.374 e. The second kappa shape index (κ2) is 9.69. The van der Waals surface area contributed by atoms with Crippen molar-refractivity contribution in [3.63, 3.8) is 0 Å². The molecule has 0 aliphatic heterocycles. The van der Waals surface area contributed by atoms with Crippen LogP contribution in [0.4, 0.5) is 13.2 Å². The van der Waals surface area contributed by atoms with Crippen molar-refractivity contribution in [2.24, 2.45) is 7.05 Å². The molecule has 1 atom stereocenters. The first-order valence-corrected chi connectivity index (χ1v) is 12.3. The van der Waals surface area contributed by atoms with E-state index in [0.717, 1.165) is 23.4 Å². The Labute approximate surface area is 226 Å². The standard InChI is InChI=1S/C28H21Cl2F3N4O/c1-16-3-5-17(6-4-16)11-21-25(29)20-12-18(7-9-22(20)36-26(21)30)27(38,24-14-34-15-37(24)2)19-8-10-23(35-13-19)28(31,32)33/h3-10,12-15,38H,11H2,1-2H3. The summed E-state index contributed by atoms with van der Waals surface area (Å²) in [5.74, 6) is 0. The SMILES string of the molecule is Cc1ccc(Cc2c(Cl)nc3ccc(C(O)(c4ccc(C(F)(F)F)nc4)c4cncn4C)cc3c2Cl)cc1. The molecule has 0 amide bonds. The zero-order chi connectivity index (χ0) is 27.2. The molecule has 5 rings (SSSR count). The second-order valence-electron chi connectivity index (χ2n) is 9.12. The van der Waals surface area contributed by atoms with Crippen LogP contribution < -0.4 is 0 Å². The number of rotatable bonds is 5. The van der Waals surface area contributed by atoms with E-state index in [9.17, 15) is 18.3 Å². The number of aryl methyl sites for hydroxylation is 2. The molecule has 0 saturated heterocycles. The summed E-state index contributed by atoms with van der Waals surface area (Å²) in [4.78, 5) is 12.2. The molecule has 0 saturated carbocycles. The maximum Gasteiger partial charge on any atom is 0.433 e. The molecule has 0 aliphatic carbocycles. The van der Waals surface area contributed by atoms with E-state index in [1.165, 1.54) is 18.6 Å². The van der Waals surface area contributed by atoms with Gasteiger partial charge in [0.05, 0.1) is 28.8 Å². The second-order valence-corrected chi connectivity index (χ2v) is 9.86. The Morgan fingerprint density at radius 3 is 2.26 bits per heavy atom. The number of nitrogens with zero attached hydrogens (tertiary/aromatic N) is 4. The summed E-state index contributed by atoms with van der Waals surface area (Å²) >= 11 is 13.4. The Kier molecular flexibility index (Phi) is 6.67. The van der Waals surface area contributed by atoms with E-state index in [0.29, 0.717) is 39.2 Å². The van der Waals surface area contributed by atoms with Crippen molar-refractivity contribution >= 4 is 34.1 Å². The zero-order valence-electron chi connectivity index (χ0n) is 20.3. The predicted molar refractivity (Wildman–Crippen MR) is 140 cm³/mol. The van der Waals surface area contributed by atoms with Crippen molar-refractivity contribution in [1.82, 2.24) is 19.5 Å². The molecular formula is C28H21Cl2F3N4O. The number of imidazole rings is 1. The highest BCUT2D eigenvalue weighted by Gasteiger charge is 2.39. The highest BCUT2D eigenvalue weighted by Crippen LogP contribution is 2.40. The number of pyridine rings is 2. The minimum Gasteiger partial charge on any atom is -0.374 e. The molecule has 1 N–H and O–H groups in total. The molecule has 1 unspecified atom stereocenters.